The average Bonchev–Trinajstić information content (AvgIpc) is 2.65. The lowest BCUT2D eigenvalue weighted by Gasteiger charge is -2.10. The third-order valence-corrected chi connectivity index (χ3v) is 2.92. The first-order chi connectivity index (χ1) is 8.02. The summed E-state index contributed by atoms with van der Waals surface area (Å²) in [5.74, 6) is -0.727. The Kier molecular flexibility index (Phi) is 3.09. The van der Waals surface area contributed by atoms with Crippen molar-refractivity contribution in [2.45, 2.75) is 13.0 Å². The number of rotatable bonds is 2. The van der Waals surface area contributed by atoms with Gasteiger partial charge in [0, 0.05) is 27.2 Å². The molecule has 1 unspecified atom stereocenters. The van der Waals surface area contributed by atoms with Crippen LogP contribution < -0.4 is 0 Å². The van der Waals surface area contributed by atoms with Gasteiger partial charge in [-0.1, -0.05) is 11.6 Å². The number of hydrogen-bond donors (Lipinski definition) is 2. The van der Waals surface area contributed by atoms with E-state index >= 15 is 0 Å². The average molecular weight is 254 g/mol. The van der Waals surface area contributed by atoms with Crippen LogP contribution in [0.3, 0.4) is 0 Å². The van der Waals surface area contributed by atoms with Crippen molar-refractivity contribution in [3.8, 4) is 0 Å². The zero-order chi connectivity index (χ0) is 12.6. The van der Waals surface area contributed by atoms with Crippen LogP contribution >= 0.6 is 11.6 Å². The predicted octanol–water partition coefficient (Wildman–Crippen LogP) is 2.34. The molecule has 0 radical (unpaired) electrons. The molecular weight excluding hydrogens is 242 g/mol. The van der Waals surface area contributed by atoms with Crippen LogP contribution in [0.5, 0.6) is 0 Å². The number of methoxy groups -OCH3 is 1. The van der Waals surface area contributed by atoms with Crippen molar-refractivity contribution in [3.05, 3.63) is 34.5 Å². The number of aromatic nitrogens is 1. The molecule has 0 aliphatic carbocycles. The SMILES string of the molecule is COC(=O)C(O)c1cc2[nH]c(C)cc2cc1Cl. The summed E-state index contributed by atoms with van der Waals surface area (Å²) >= 11 is 6.03. The number of aliphatic hydroxyl groups is 1. The van der Waals surface area contributed by atoms with E-state index < -0.39 is 12.1 Å². The number of hydrogen-bond acceptors (Lipinski definition) is 3. The van der Waals surface area contributed by atoms with E-state index in [-0.39, 0.29) is 0 Å². The van der Waals surface area contributed by atoms with E-state index in [4.69, 9.17) is 11.6 Å². The topological polar surface area (TPSA) is 62.3 Å². The molecule has 17 heavy (non-hydrogen) atoms. The molecule has 0 amide bonds. The number of carbonyl (C=O) groups is 1. The molecule has 0 bridgehead atoms. The van der Waals surface area contributed by atoms with Crippen LogP contribution in [-0.4, -0.2) is 23.2 Å². The molecule has 0 fully saturated rings. The summed E-state index contributed by atoms with van der Waals surface area (Å²) in [6.45, 7) is 1.92. The minimum Gasteiger partial charge on any atom is -0.467 e. The van der Waals surface area contributed by atoms with Gasteiger partial charge in [-0.3, -0.25) is 0 Å². The first-order valence-electron chi connectivity index (χ1n) is 5.07. The lowest BCUT2D eigenvalue weighted by molar-refractivity contribution is -0.150. The van der Waals surface area contributed by atoms with E-state index in [1.54, 1.807) is 12.1 Å². The summed E-state index contributed by atoms with van der Waals surface area (Å²) < 4.78 is 4.48. The first-order valence-corrected chi connectivity index (χ1v) is 5.45. The van der Waals surface area contributed by atoms with Crippen LogP contribution in [-0.2, 0) is 9.53 Å². The van der Waals surface area contributed by atoms with Gasteiger partial charge in [-0.25, -0.2) is 4.79 Å². The van der Waals surface area contributed by atoms with Crippen LogP contribution in [0, 0.1) is 6.92 Å². The molecule has 90 valence electrons. The van der Waals surface area contributed by atoms with Gasteiger partial charge in [0.15, 0.2) is 6.10 Å². The first kappa shape index (κ1) is 12.0. The Morgan fingerprint density at radius 2 is 2.18 bits per heavy atom. The second-order valence-corrected chi connectivity index (χ2v) is 4.25. The Morgan fingerprint density at radius 3 is 2.82 bits per heavy atom. The fourth-order valence-electron chi connectivity index (χ4n) is 1.76. The molecule has 1 aromatic carbocycles. The lowest BCUT2D eigenvalue weighted by atomic mass is 10.1. The molecule has 0 saturated heterocycles. The van der Waals surface area contributed by atoms with Crippen molar-refractivity contribution >= 4 is 28.5 Å². The van der Waals surface area contributed by atoms with Crippen LogP contribution in [0.4, 0.5) is 0 Å². The zero-order valence-corrected chi connectivity index (χ0v) is 10.2. The quantitative estimate of drug-likeness (QED) is 0.808. The van der Waals surface area contributed by atoms with E-state index in [0.29, 0.717) is 10.6 Å². The van der Waals surface area contributed by atoms with E-state index in [0.717, 1.165) is 16.6 Å². The van der Waals surface area contributed by atoms with Gasteiger partial charge in [-0.2, -0.15) is 0 Å². The number of aliphatic hydroxyl groups excluding tert-OH is 1. The number of benzene rings is 1. The maximum atomic E-state index is 11.3. The van der Waals surface area contributed by atoms with Crippen molar-refractivity contribution in [3.63, 3.8) is 0 Å². The zero-order valence-electron chi connectivity index (χ0n) is 9.45. The van der Waals surface area contributed by atoms with Gasteiger partial charge in [0.05, 0.1) is 7.11 Å². The number of carbonyl (C=O) groups excluding carboxylic acids is 1. The smallest absolute Gasteiger partial charge is 0.339 e. The second-order valence-electron chi connectivity index (χ2n) is 3.84. The minimum absolute atomic E-state index is 0.341. The fourth-order valence-corrected chi connectivity index (χ4v) is 2.04. The van der Waals surface area contributed by atoms with Gasteiger partial charge in [-0.15, -0.1) is 0 Å². The van der Waals surface area contributed by atoms with Gasteiger partial charge in [0.25, 0.3) is 0 Å². The number of ether oxygens (including phenoxy) is 1. The maximum Gasteiger partial charge on any atom is 0.339 e. The monoisotopic (exact) mass is 253 g/mol. The van der Waals surface area contributed by atoms with Crippen molar-refractivity contribution in [1.82, 2.24) is 4.98 Å². The highest BCUT2D eigenvalue weighted by molar-refractivity contribution is 6.32. The van der Waals surface area contributed by atoms with E-state index in [1.165, 1.54) is 7.11 Å². The molecule has 5 heteroatoms. The molecule has 2 N–H and O–H groups in total. The summed E-state index contributed by atoms with van der Waals surface area (Å²) in [5, 5.41) is 11.0. The van der Waals surface area contributed by atoms with E-state index in [9.17, 15) is 9.90 Å². The molecule has 0 spiro atoms. The largest absolute Gasteiger partial charge is 0.467 e. The van der Waals surface area contributed by atoms with Gasteiger partial charge in [0.1, 0.15) is 0 Å². The number of aromatic amines is 1. The van der Waals surface area contributed by atoms with Crippen LogP contribution in [0.1, 0.15) is 17.4 Å². The summed E-state index contributed by atoms with van der Waals surface area (Å²) in [4.78, 5) is 14.4. The molecule has 2 rings (SSSR count). The molecule has 4 nitrogen and oxygen atoms in total. The number of H-pyrrole nitrogens is 1. The highest BCUT2D eigenvalue weighted by Crippen LogP contribution is 2.29. The lowest BCUT2D eigenvalue weighted by Crippen LogP contribution is -2.13. The van der Waals surface area contributed by atoms with E-state index in [2.05, 4.69) is 9.72 Å². The van der Waals surface area contributed by atoms with Crippen LogP contribution in [0.15, 0.2) is 18.2 Å². The summed E-state index contributed by atoms with van der Waals surface area (Å²) in [6, 6.07) is 5.31. The minimum atomic E-state index is -1.36. The molecule has 0 saturated carbocycles. The standard InChI is InChI=1S/C12H12ClNO3/c1-6-3-7-4-9(13)8(5-10(7)14-6)11(15)12(16)17-2/h3-5,11,14-15H,1-2H3. The van der Waals surface area contributed by atoms with E-state index in [1.807, 2.05) is 13.0 Å². The van der Waals surface area contributed by atoms with Crippen LogP contribution in [0.2, 0.25) is 5.02 Å². The van der Waals surface area contributed by atoms with Gasteiger partial charge in [0.2, 0.25) is 0 Å². The molecule has 1 atom stereocenters. The highest BCUT2D eigenvalue weighted by atomic mass is 35.5. The Morgan fingerprint density at radius 1 is 1.47 bits per heavy atom. The second kappa shape index (κ2) is 4.39. The number of nitrogens with one attached hydrogen (secondary N) is 1. The summed E-state index contributed by atoms with van der Waals surface area (Å²) in [5.41, 5.74) is 2.15. The Balaban J connectivity index is 2.53. The molecule has 1 heterocycles. The highest BCUT2D eigenvalue weighted by Gasteiger charge is 2.21. The number of aryl methyl sites for hydroxylation is 1. The number of esters is 1. The molecule has 1 aromatic heterocycles. The molecule has 0 aliphatic rings. The van der Waals surface area contributed by atoms with Crippen LogP contribution in [0.25, 0.3) is 10.9 Å². The Labute approximate surface area is 103 Å². The van der Waals surface area contributed by atoms with Gasteiger partial charge >= 0.3 is 5.97 Å². The predicted molar refractivity (Wildman–Crippen MR) is 65.0 cm³/mol. The Hall–Kier alpha value is -1.52. The third-order valence-electron chi connectivity index (χ3n) is 2.59. The summed E-state index contributed by atoms with van der Waals surface area (Å²) in [6.07, 6.45) is -1.36. The molecule has 2 aromatic rings. The number of halogens is 1. The normalized spacial score (nSPS) is 12.7. The third kappa shape index (κ3) is 2.14. The van der Waals surface area contributed by atoms with Crippen molar-refractivity contribution in [1.29, 1.82) is 0 Å². The fraction of sp³-hybridized carbons (Fsp3) is 0.250. The van der Waals surface area contributed by atoms with Crippen molar-refractivity contribution in [2.24, 2.45) is 0 Å². The Bertz CT molecular complexity index is 576. The van der Waals surface area contributed by atoms with Gasteiger partial charge < -0.3 is 14.8 Å². The van der Waals surface area contributed by atoms with Crippen molar-refractivity contribution < 1.29 is 14.6 Å². The van der Waals surface area contributed by atoms with Crippen molar-refractivity contribution in [2.75, 3.05) is 7.11 Å². The van der Waals surface area contributed by atoms with Gasteiger partial charge in [-0.05, 0) is 25.1 Å². The summed E-state index contributed by atoms with van der Waals surface area (Å²) in [7, 11) is 1.22. The number of fused-ring (bicyclic) bond motifs is 1. The molecule has 0 aliphatic heterocycles. The maximum absolute atomic E-state index is 11.3. The molecular formula is C12H12ClNO3.